The fourth-order valence-corrected chi connectivity index (χ4v) is 1.78. The second-order valence-electron chi connectivity index (χ2n) is 5.87. The molecule has 0 aliphatic carbocycles. The molecule has 5 nitrogen and oxygen atoms in total. The topological polar surface area (TPSA) is 56.5 Å². The van der Waals surface area contributed by atoms with Gasteiger partial charge in [-0.3, -0.25) is 4.68 Å². The van der Waals surface area contributed by atoms with E-state index in [1.165, 1.54) is 0 Å². The van der Waals surface area contributed by atoms with E-state index in [1.54, 1.807) is 10.9 Å². The summed E-state index contributed by atoms with van der Waals surface area (Å²) in [6.07, 6.45) is 3.59. The van der Waals surface area contributed by atoms with Crippen molar-refractivity contribution in [3.63, 3.8) is 0 Å². The Balaban J connectivity index is 2.17. The van der Waals surface area contributed by atoms with Crippen LogP contribution < -0.4 is 5.46 Å². The summed E-state index contributed by atoms with van der Waals surface area (Å²) in [5, 5.41) is 13.3. The Bertz CT molecular complexity index is 415. The summed E-state index contributed by atoms with van der Waals surface area (Å²) in [6, 6.07) is -0.0406. The van der Waals surface area contributed by atoms with Crippen LogP contribution in [-0.4, -0.2) is 39.8 Å². The van der Waals surface area contributed by atoms with Crippen LogP contribution in [0.2, 0.25) is 0 Å². The normalized spacial score (nSPS) is 23.3. The molecule has 1 N–H and O–H groups in total. The van der Waals surface area contributed by atoms with E-state index in [0.29, 0.717) is 0 Å². The van der Waals surface area contributed by atoms with Crippen molar-refractivity contribution < 1.29 is 14.4 Å². The van der Waals surface area contributed by atoms with Crippen molar-refractivity contribution in [1.82, 2.24) is 9.78 Å². The molecule has 0 amide bonds. The first kappa shape index (κ1) is 13.6. The van der Waals surface area contributed by atoms with Crippen LogP contribution in [0.3, 0.4) is 0 Å². The van der Waals surface area contributed by atoms with Crippen molar-refractivity contribution in [3.8, 4) is 0 Å². The summed E-state index contributed by atoms with van der Waals surface area (Å²) >= 11 is 0. The number of nitrogens with zero attached hydrogens (tertiary/aromatic N) is 2. The molecule has 1 aliphatic heterocycles. The molecule has 18 heavy (non-hydrogen) atoms. The molecule has 0 saturated carbocycles. The summed E-state index contributed by atoms with van der Waals surface area (Å²) in [5.41, 5.74) is 0.194. The SMILES string of the molecule is CC(CO)n1cc(B2OC(C)(C)C(C)(C)O2)cn1. The quantitative estimate of drug-likeness (QED) is 0.806. The third-order valence-electron chi connectivity index (χ3n) is 3.86. The van der Waals surface area contributed by atoms with Gasteiger partial charge in [0.2, 0.25) is 0 Å². The van der Waals surface area contributed by atoms with Crippen LogP contribution in [0.25, 0.3) is 0 Å². The summed E-state index contributed by atoms with van der Waals surface area (Å²) < 4.78 is 13.6. The molecule has 100 valence electrons. The number of hydrogen-bond donors (Lipinski definition) is 1. The molecule has 1 atom stereocenters. The first-order valence-corrected chi connectivity index (χ1v) is 6.27. The fourth-order valence-electron chi connectivity index (χ4n) is 1.78. The predicted molar refractivity (Wildman–Crippen MR) is 69.7 cm³/mol. The lowest BCUT2D eigenvalue weighted by Gasteiger charge is -2.32. The van der Waals surface area contributed by atoms with Crippen LogP contribution in [0.15, 0.2) is 12.4 Å². The summed E-state index contributed by atoms with van der Waals surface area (Å²) in [6.45, 7) is 10.1. The lowest BCUT2D eigenvalue weighted by Crippen LogP contribution is -2.41. The summed E-state index contributed by atoms with van der Waals surface area (Å²) in [5.74, 6) is 0. The van der Waals surface area contributed by atoms with Crippen molar-refractivity contribution in [3.05, 3.63) is 12.4 Å². The number of hydrogen-bond acceptors (Lipinski definition) is 4. The minimum atomic E-state index is -0.394. The van der Waals surface area contributed by atoms with E-state index >= 15 is 0 Å². The summed E-state index contributed by atoms with van der Waals surface area (Å²) in [4.78, 5) is 0. The standard InChI is InChI=1S/C12H21BN2O3/c1-9(8-16)15-7-10(6-14-15)13-17-11(2,3)12(4,5)18-13/h6-7,9,16H,8H2,1-5H3. The van der Waals surface area contributed by atoms with E-state index in [9.17, 15) is 0 Å². The molecule has 1 fully saturated rings. The Morgan fingerprint density at radius 3 is 2.39 bits per heavy atom. The molecule has 0 radical (unpaired) electrons. The van der Waals surface area contributed by atoms with Gasteiger partial charge in [0.1, 0.15) is 0 Å². The zero-order chi connectivity index (χ0) is 13.6. The van der Waals surface area contributed by atoms with Gasteiger partial charge in [-0.25, -0.2) is 0 Å². The molecule has 1 aromatic rings. The first-order valence-electron chi connectivity index (χ1n) is 6.27. The average molecular weight is 252 g/mol. The molecule has 1 aliphatic rings. The van der Waals surface area contributed by atoms with E-state index in [-0.39, 0.29) is 23.9 Å². The third-order valence-corrected chi connectivity index (χ3v) is 3.86. The second-order valence-corrected chi connectivity index (χ2v) is 5.87. The lowest BCUT2D eigenvalue weighted by atomic mass is 9.82. The number of aromatic nitrogens is 2. The zero-order valence-electron chi connectivity index (χ0n) is 11.7. The van der Waals surface area contributed by atoms with Gasteiger partial charge in [0.05, 0.1) is 23.9 Å². The minimum absolute atomic E-state index is 0.0406. The predicted octanol–water partition coefficient (Wildman–Crippen LogP) is 0.736. The van der Waals surface area contributed by atoms with Gasteiger partial charge in [-0.15, -0.1) is 0 Å². The van der Waals surface area contributed by atoms with Gasteiger partial charge in [-0.05, 0) is 34.6 Å². The van der Waals surface area contributed by atoms with Crippen molar-refractivity contribution in [1.29, 1.82) is 0 Å². The van der Waals surface area contributed by atoms with Gasteiger partial charge in [-0.2, -0.15) is 5.10 Å². The maximum Gasteiger partial charge on any atom is 0.498 e. The molecule has 1 saturated heterocycles. The maximum atomic E-state index is 9.11. The van der Waals surface area contributed by atoms with Gasteiger partial charge in [0.25, 0.3) is 0 Å². The molecular formula is C12H21BN2O3. The van der Waals surface area contributed by atoms with Crippen molar-refractivity contribution in [2.24, 2.45) is 0 Å². The number of rotatable bonds is 3. The average Bonchev–Trinajstić information content (AvgIpc) is 2.82. The lowest BCUT2D eigenvalue weighted by molar-refractivity contribution is 0.00578. The van der Waals surface area contributed by atoms with Crippen LogP contribution in [0.1, 0.15) is 40.7 Å². The number of aliphatic hydroxyl groups is 1. The second kappa shape index (κ2) is 4.37. The Kier molecular flexibility index (Phi) is 3.29. The van der Waals surface area contributed by atoms with E-state index in [0.717, 1.165) is 5.46 Å². The number of aliphatic hydroxyl groups excluding tert-OH is 1. The molecule has 1 aromatic heterocycles. The van der Waals surface area contributed by atoms with Crippen LogP contribution in [-0.2, 0) is 9.31 Å². The van der Waals surface area contributed by atoms with Crippen LogP contribution >= 0.6 is 0 Å². The van der Waals surface area contributed by atoms with E-state index in [1.807, 2.05) is 40.8 Å². The van der Waals surface area contributed by atoms with Gasteiger partial charge in [0.15, 0.2) is 0 Å². The molecule has 1 unspecified atom stereocenters. The molecule has 0 spiro atoms. The van der Waals surface area contributed by atoms with Gasteiger partial charge in [0, 0.05) is 17.9 Å². The Morgan fingerprint density at radius 2 is 1.89 bits per heavy atom. The highest BCUT2D eigenvalue weighted by Crippen LogP contribution is 2.36. The molecule has 6 heteroatoms. The van der Waals surface area contributed by atoms with Crippen molar-refractivity contribution in [2.75, 3.05) is 6.61 Å². The third kappa shape index (κ3) is 2.20. The largest absolute Gasteiger partial charge is 0.498 e. The van der Waals surface area contributed by atoms with Crippen molar-refractivity contribution >= 4 is 12.6 Å². The Morgan fingerprint density at radius 1 is 1.33 bits per heavy atom. The monoisotopic (exact) mass is 252 g/mol. The molecular weight excluding hydrogens is 231 g/mol. The van der Waals surface area contributed by atoms with E-state index < -0.39 is 7.12 Å². The highest BCUT2D eigenvalue weighted by atomic mass is 16.7. The van der Waals surface area contributed by atoms with Crippen molar-refractivity contribution in [2.45, 2.75) is 51.9 Å². The minimum Gasteiger partial charge on any atom is -0.399 e. The van der Waals surface area contributed by atoms with Gasteiger partial charge in [-0.1, -0.05) is 0 Å². The van der Waals surface area contributed by atoms with Crippen LogP contribution in [0, 0.1) is 0 Å². The van der Waals surface area contributed by atoms with E-state index in [4.69, 9.17) is 14.4 Å². The highest BCUT2D eigenvalue weighted by molar-refractivity contribution is 6.61. The van der Waals surface area contributed by atoms with Crippen LogP contribution in [0.4, 0.5) is 0 Å². The molecule has 0 bridgehead atoms. The summed E-state index contributed by atoms with van der Waals surface area (Å²) in [7, 11) is -0.394. The molecule has 0 aromatic carbocycles. The van der Waals surface area contributed by atoms with Gasteiger partial charge < -0.3 is 14.4 Å². The van der Waals surface area contributed by atoms with Gasteiger partial charge >= 0.3 is 7.12 Å². The Labute approximate surface area is 108 Å². The fraction of sp³-hybridized carbons (Fsp3) is 0.750. The Hall–Kier alpha value is -0.845. The smallest absolute Gasteiger partial charge is 0.399 e. The highest BCUT2D eigenvalue weighted by Gasteiger charge is 2.52. The first-order chi connectivity index (χ1) is 8.27. The zero-order valence-corrected chi connectivity index (χ0v) is 11.7. The van der Waals surface area contributed by atoms with Crippen LogP contribution in [0.5, 0.6) is 0 Å². The molecule has 2 rings (SSSR count). The molecule has 2 heterocycles. The maximum absolute atomic E-state index is 9.11. The van der Waals surface area contributed by atoms with E-state index in [2.05, 4.69) is 5.10 Å².